The molecule has 0 spiro atoms. The topological polar surface area (TPSA) is 134 Å². The number of nitrogens with zero attached hydrogens (tertiary/aromatic N) is 2. The first-order valence-electron chi connectivity index (χ1n) is 12.4. The quantitative estimate of drug-likeness (QED) is 0.210. The van der Waals surface area contributed by atoms with Gasteiger partial charge in [-0.05, 0) is 48.5 Å². The molecule has 210 valence electrons. The Kier molecular flexibility index (Phi) is 6.79. The van der Waals surface area contributed by atoms with Gasteiger partial charge < -0.3 is 19.7 Å². The predicted octanol–water partition coefficient (Wildman–Crippen LogP) is 5.39. The highest BCUT2D eigenvalue weighted by Gasteiger charge is 2.39. The molecule has 0 radical (unpaired) electrons. The Morgan fingerprint density at radius 3 is 1.12 bits per heavy atom. The lowest BCUT2D eigenvalue weighted by atomic mass is 10.0. The molecule has 2 aliphatic rings. The van der Waals surface area contributed by atoms with Crippen LogP contribution in [0.5, 0.6) is 23.0 Å². The Morgan fingerprint density at radius 1 is 0.524 bits per heavy atom. The Labute approximate surface area is 247 Å². The van der Waals surface area contributed by atoms with Gasteiger partial charge in [0, 0.05) is 23.9 Å². The van der Waals surface area contributed by atoms with Crippen molar-refractivity contribution in [2.24, 2.45) is 0 Å². The van der Waals surface area contributed by atoms with Gasteiger partial charge in [-0.25, -0.2) is 8.61 Å². The summed E-state index contributed by atoms with van der Waals surface area (Å²) in [7, 11) is 2.74. The first-order chi connectivity index (χ1) is 20.3. The number of phenolic OH excluding ortho intramolecular Hbond substituents is 2. The second-order valence-electron chi connectivity index (χ2n) is 9.06. The molecule has 0 atom stereocenters. The maximum Gasteiger partial charge on any atom is 0.272 e. The molecule has 0 saturated carbocycles. The zero-order chi connectivity index (χ0) is 29.7. The summed E-state index contributed by atoms with van der Waals surface area (Å²) in [5.74, 6) is -2.62. The van der Waals surface area contributed by atoms with Crippen LogP contribution in [0.15, 0.2) is 82.6 Å². The van der Waals surface area contributed by atoms with Crippen molar-refractivity contribution in [3.05, 3.63) is 95.1 Å². The summed E-state index contributed by atoms with van der Waals surface area (Å²) in [4.78, 5) is 52.1. The molecular formula is C30H20N2O8S2. The Hall–Kier alpha value is -4.94. The van der Waals surface area contributed by atoms with Crippen LogP contribution in [0.2, 0.25) is 0 Å². The highest BCUT2D eigenvalue weighted by Crippen LogP contribution is 2.53. The van der Waals surface area contributed by atoms with Crippen molar-refractivity contribution in [2.75, 3.05) is 14.2 Å². The van der Waals surface area contributed by atoms with Gasteiger partial charge in [-0.1, -0.05) is 24.3 Å². The average molecular weight is 601 g/mol. The van der Waals surface area contributed by atoms with Gasteiger partial charge in [-0.15, -0.1) is 0 Å². The van der Waals surface area contributed by atoms with Crippen LogP contribution in [0.25, 0.3) is 11.1 Å². The molecule has 4 aromatic carbocycles. The molecule has 2 heterocycles. The fourth-order valence-corrected chi connectivity index (χ4v) is 6.53. The van der Waals surface area contributed by atoms with E-state index in [0.29, 0.717) is 0 Å². The predicted molar refractivity (Wildman–Crippen MR) is 154 cm³/mol. The smallest absolute Gasteiger partial charge is 0.272 e. The van der Waals surface area contributed by atoms with E-state index in [2.05, 4.69) is 0 Å². The van der Waals surface area contributed by atoms with E-state index in [9.17, 15) is 29.4 Å². The lowest BCUT2D eigenvalue weighted by molar-refractivity contribution is 0.0760. The summed E-state index contributed by atoms with van der Waals surface area (Å²) < 4.78 is 12.9. The van der Waals surface area contributed by atoms with E-state index < -0.39 is 35.1 Å². The largest absolute Gasteiger partial charge is 0.506 e. The summed E-state index contributed by atoms with van der Waals surface area (Å²) in [6.07, 6.45) is 0. The number of carbonyl (C=O) groups is 4. The zero-order valence-corrected chi connectivity index (χ0v) is 23.6. The van der Waals surface area contributed by atoms with Crippen molar-refractivity contribution in [3.63, 3.8) is 0 Å². The molecule has 4 aromatic rings. The van der Waals surface area contributed by atoms with Crippen molar-refractivity contribution in [1.82, 2.24) is 8.61 Å². The maximum atomic E-state index is 13.0. The Bertz CT molecular complexity index is 1640. The molecule has 2 aliphatic heterocycles. The fraction of sp³-hybridized carbons (Fsp3) is 0.0667. The van der Waals surface area contributed by atoms with Crippen LogP contribution >= 0.6 is 23.9 Å². The third-order valence-electron chi connectivity index (χ3n) is 6.79. The second kappa shape index (κ2) is 10.5. The minimum absolute atomic E-state index is 0.0123. The lowest BCUT2D eigenvalue weighted by Crippen LogP contribution is -2.22. The standard InChI is InChI=1S/C30H20N2O8S2/c1-39-19-11-13-21(41-31-27(35)15-7-3-4-8-16(15)28(31)36)25(33)23(19)24-20(40-2)12-14-22(26(24)34)42-32-29(37)17-9-5-6-10-18(17)30(32)38/h3-14,33-34H,1-2H3. The number of phenols is 2. The lowest BCUT2D eigenvalue weighted by Gasteiger charge is -2.21. The van der Waals surface area contributed by atoms with E-state index in [0.717, 1.165) is 32.5 Å². The molecule has 0 bridgehead atoms. The number of amides is 4. The number of rotatable bonds is 7. The maximum absolute atomic E-state index is 13.0. The van der Waals surface area contributed by atoms with Gasteiger partial charge >= 0.3 is 0 Å². The molecule has 0 aliphatic carbocycles. The van der Waals surface area contributed by atoms with E-state index in [1.807, 2.05) is 0 Å². The summed E-state index contributed by atoms with van der Waals surface area (Å²) in [5.41, 5.74) is 1.03. The molecule has 2 N–H and O–H groups in total. The molecule has 4 amide bonds. The second-order valence-corrected chi connectivity index (χ2v) is 11.0. The Morgan fingerprint density at radius 2 is 0.833 bits per heavy atom. The van der Waals surface area contributed by atoms with Gasteiger partial charge in [0.2, 0.25) is 0 Å². The third-order valence-corrected chi connectivity index (χ3v) is 8.87. The van der Waals surface area contributed by atoms with Gasteiger partial charge in [0.05, 0.1) is 57.4 Å². The number of carbonyl (C=O) groups excluding carboxylic acids is 4. The van der Waals surface area contributed by atoms with E-state index in [1.165, 1.54) is 38.5 Å². The van der Waals surface area contributed by atoms with Crippen LogP contribution in [0.3, 0.4) is 0 Å². The number of fused-ring (bicyclic) bond motifs is 2. The first-order valence-corrected chi connectivity index (χ1v) is 13.9. The number of methoxy groups -OCH3 is 2. The van der Waals surface area contributed by atoms with Crippen molar-refractivity contribution in [3.8, 4) is 34.1 Å². The van der Waals surface area contributed by atoms with Crippen LogP contribution in [0.4, 0.5) is 0 Å². The van der Waals surface area contributed by atoms with Crippen LogP contribution in [-0.4, -0.2) is 56.7 Å². The van der Waals surface area contributed by atoms with Crippen LogP contribution in [0, 0.1) is 0 Å². The van der Waals surface area contributed by atoms with E-state index in [1.54, 1.807) is 48.5 Å². The number of aromatic hydroxyl groups is 2. The molecule has 0 aromatic heterocycles. The van der Waals surface area contributed by atoms with Gasteiger partial charge in [-0.2, -0.15) is 0 Å². The minimum Gasteiger partial charge on any atom is -0.506 e. The number of ether oxygens (including phenoxy) is 2. The van der Waals surface area contributed by atoms with E-state index in [-0.39, 0.29) is 54.7 Å². The molecule has 6 rings (SSSR count). The van der Waals surface area contributed by atoms with Crippen LogP contribution in [-0.2, 0) is 0 Å². The van der Waals surface area contributed by atoms with Crippen molar-refractivity contribution >= 4 is 47.5 Å². The Balaban J connectivity index is 1.41. The fourth-order valence-electron chi connectivity index (χ4n) is 4.77. The van der Waals surface area contributed by atoms with Gasteiger partial charge in [0.25, 0.3) is 23.6 Å². The third kappa shape index (κ3) is 4.14. The molecule has 12 heteroatoms. The zero-order valence-electron chi connectivity index (χ0n) is 22.0. The molecule has 0 unspecified atom stereocenters. The molecule has 0 fully saturated rings. The summed E-state index contributed by atoms with van der Waals surface area (Å²) >= 11 is 1.45. The first kappa shape index (κ1) is 27.2. The highest BCUT2D eigenvalue weighted by molar-refractivity contribution is 7.98. The normalized spacial score (nSPS) is 14.0. The number of hydrogen-bond donors (Lipinski definition) is 2. The van der Waals surface area contributed by atoms with Crippen LogP contribution in [0.1, 0.15) is 41.4 Å². The van der Waals surface area contributed by atoms with Crippen molar-refractivity contribution in [2.45, 2.75) is 9.79 Å². The van der Waals surface area contributed by atoms with Gasteiger partial charge in [-0.3, -0.25) is 19.2 Å². The molecule has 0 saturated heterocycles. The summed E-state index contributed by atoms with van der Waals surface area (Å²) in [6.45, 7) is 0. The number of imide groups is 2. The average Bonchev–Trinajstić information content (AvgIpc) is 3.39. The van der Waals surface area contributed by atoms with E-state index in [4.69, 9.17) is 9.47 Å². The van der Waals surface area contributed by atoms with Crippen molar-refractivity contribution in [1.29, 1.82) is 0 Å². The molecule has 42 heavy (non-hydrogen) atoms. The van der Waals surface area contributed by atoms with E-state index >= 15 is 0 Å². The SMILES string of the molecule is COc1ccc(SN2C(=O)c3ccccc3C2=O)c(O)c1-c1c(OC)ccc(SN2C(=O)c3ccccc3C2=O)c1O. The van der Waals surface area contributed by atoms with Crippen molar-refractivity contribution < 1.29 is 38.9 Å². The monoisotopic (exact) mass is 600 g/mol. The minimum atomic E-state index is -0.530. The number of benzene rings is 4. The van der Waals surface area contributed by atoms with Gasteiger partial charge in [0.1, 0.15) is 23.0 Å². The summed E-state index contributed by atoms with van der Waals surface area (Å²) in [5, 5.41) is 23.0. The van der Waals surface area contributed by atoms with Crippen LogP contribution < -0.4 is 9.47 Å². The van der Waals surface area contributed by atoms with Gasteiger partial charge in [0.15, 0.2) is 0 Å². The highest BCUT2D eigenvalue weighted by atomic mass is 32.2. The number of hydrogen-bond acceptors (Lipinski definition) is 10. The molecular weight excluding hydrogens is 580 g/mol. The summed E-state index contributed by atoms with van der Waals surface area (Å²) in [6, 6.07) is 18.8. The molecule has 10 nitrogen and oxygen atoms in total.